The topological polar surface area (TPSA) is 74.3 Å². The maximum atomic E-state index is 12.2. The maximum Gasteiger partial charge on any atom is 0.410 e. The van der Waals surface area contributed by atoms with Crippen molar-refractivity contribution in [1.82, 2.24) is 4.90 Å². The summed E-state index contributed by atoms with van der Waals surface area (Å²) in [7, 11) is 1.42. The molecular weight excluding hydrogens is 398 g/mol. The van der Waals surface area contributed by atoms with E-state index in [0.29, 0.717) is 32.2 Å². The molecule has 1 saturated carbocycles. The summed E-state index contributed by atoms with van der Waals surface area (Å²) in [4.78, 5) is 25.4. The van der Waals surface area contributed by atoms with Crippen LogP contribution in [0.3, 0.4) is 0 Å². The van der Waals surface area contributed by atoms with Crippen LogP contribution in [0.1, 0.15) is 57.9 Å². The Bertz CT molecular complexity index is 727. The number of likely N-dealkylation sites (tertiary alicyclic amines) is 1. The second-order valence-corrected chi connectivity index (χ2v) is 9.34. The van der Waals surface area contributed by atoms with Crippen molar-refractivity contribution in [2.45, 2.75) is 64.1 Å². The summed E-state index contributed by atoms with van der Waals surface area (Å²) in [6.45, 7) is 8.08. The minimum absolute atomic E-state index is 0.0144. The molecule has 0 bridgehead atoms. The van der Waals surface area contributed by atoms with Crippen LogP contribution in [0.2, 0.25) is 0 Å². The Morgan fingerprint density at radius 1 is 1.03 bits per heavy atom. The van der Waals surface area contributed by atoms with Gasteiger partial charge in [-0.3, -0.25) is 4.79 Å². The average molecular weight is 434 g/mol. The van der Waals surface area contributed by atoms with Crippen molar-refractivity contribution in [1.29, 1.82) is 0 Å². The molecule has 3 rings (SSSR count). The number of hydrogen-bond donors (Lipinski definition) is 0. The van der Waals surface area contributed by atoms with Crippen LogP contribution in [0.4, 0.5) is 4.79 Å². The first-order valence-corrected chi connectivity index (χ1v) is 11.2. The molecule has 1 amide bonds. The number of piperidine rings is 1. The van der Waals surface area contributed by atoms with Gasteiger partial charge in [-0.2, -0.15) is 0 Å². The van der Waals surface area contributed by atoms with Crippen LogP contribution < -0.4 is 4.74 Å². The van der Waals surface area contributed by atoms with Gasteiger partial charge in [0.2, 0.25) is 0 Å². The fraction of sp³-hybridized carbons (Fsp3) is 0.667. The molecule has 0 N–H and O–H groups in total. The van der Waals surface area contributed by atoms with Gasteiger partial charge in [-0.1, -0.05) is 12.1 Å². The van der Waals surface area contributed by atoms with Crippen LogP contribution in [-0.2, 0) is 19.0 Å². The minimum Gasteiger partial charge on any atom is -0.491 e. The highest BCUT2D eigenvalue weighted by molar-refractivity contribution is 5.73. The number of hydrogen-bond acceptors (Lipinski definition) is 6. The Hall–Kier alpha value is -2.28. The highest BCUT2D eigenvalue weighted by atomic mass is 16.6. The van der Waals surface area contributed by atoms with Crippen LogP contribution in [0.15, 0.2) is 24.3 Å². The molecule has 0 aromatic heterocycles. The van der Waals surface area contributed by atoms with Crippen molar-refractivity contribution in [3.8, 4) is 5.75 Å². The predicted octanol–water partition coefficient (Wildman–Crippen LogP) is 4.15. The normalized spacial score (nSPS) is 21.9. The van der Waals surface area contributed by atoms with Gasteiger partial charge in [-0.25, -0.2) is 4.79 Å². The Morgan fingerprint density at radius 3 is 2.26 bits per heavy atom. The van der Waals surface area contributed by atoms with Crippen LogP contribution in [0.5, 0.6) is 5.75 Å². The molecular formula is C24H35NO6. The van der Waals surface area contributed by atoms with E-state index in [2.05, 4.69) is 12.1 Å². The van der Waals surface area contributed by atoms with Gasteiger partial charge in [-0.15, -0.1) is 0 Å². The van der Waals surface area contributed by atoms with Gasteiger partial charge in [0.25, 0.3) is 0 Å². The molecule has 172 valence electrons. The van der Waals surface area contributed by atoms with Gasteiger partial charge in [0, 0.05) is 13.1 Å². The SMILES string of the molecule is COC(=O)C1CC(OCCOc2ccc(C3CCN(C(=O)OC(C)(C)C)CC3)cc2)C1. The van der Waals surface area contributed by atoms with Gasteiger partial charge < -0.3 is 23.8 Å². The second-order valence-electron chi connectivity index (χ2n) is 9.34. The number of rotatable bonds is 7. The number of ether oxygens (including phenoxy) is 4. The molecule has 2 aliphatic rings. The molecule has 1 aromatic carbocycles. The monoisotopic (exact) mass is 433 g/mol. The molecule has 1 heterocycles. The van der Waals surface area contributed by atoms with Crippen LogP contribution in [0, 0.1) is 5.92 Å². The third-order valence-corrected chi connectivity index (χ3v) is 5.83. The molecule has 1 aromatic rings. The molecule has 1 saturated heterocycles. The molecule has 0 unspecified atom stereocenters. The van der Waals surface area contributed by atoms with Gasteiger partial charge >= 0.3 is 12.1 Å². The van der Waals surface area contributed by atoms with E-state index in [-0.39, 0.29) is 24.1 Å². The lowest BCUT2D eigenvalue weighted by molar-refractivity contribution is -0.155. The molecule has 7 heteroatoms. The number of benzene rings is 1. The fourth-order valence-corrected chi connectivity index (χ4v) is 3.99. The molecule has 0 spiro atoms. The summed E-state index contributed by atoms with van der Waals surface area (Å²) in [6.07, 6.45) is 3.23. The predicted molar refractivity (Wildman–Crippen MR) is 116 cm³/mol. The Balaban J connectivity index is 1.33. The summed E-state index contributed by atoms with van der Waals surface area (Å²) < 4.78 is 21.7. The molecule has 31 heavy (non-hydrogen) atoms. The second kappa shape index (κ2) is 10.4. The summed E-state index contributed by atoms with van der Waals surface area (Å²) in [5.41, 5.74) is 0.814. The third-order valence-electron chi connectivity index (χ3n) is 5.83. The molecule has 7 nitrogen and oxygen atoms in total. The molecule has 0 radical (unpaired) electrons. The van der Waals surface area contributed by atoms with E-state index in [1.165, 1.54) is 12.7 Å². The lowest BCUT2D eigenvalue weighted by Gasteiger charge is -2.33. The van der Waals surface area contributed by atoms with E-state index in [1.807, 2.05) is 32.9 Å². The zero-order chi connectivity index (χ0) is 22.4. The molecule has 1 aliphatic carbocycles. The maximum absolute atomic E-state index is 12.2. The standard InChI is InChI=1S/C24H35NO6/c1-24(2,3)31-23(27)25-11-9-18(10-12-25)17-5-7-20(8-6-17)29-13-14-30-21-15-19(16-21)22(26)28-4/h5-8,18-19,21H,9-16H2,1-4H3. The zero-order valence-electron chi connectivity index (χ0n) is 19.1. The van der Waals surface area contributed by atoms with Gasteiger partial charge in [0.15, 0.2) is 0 Å². The molecule has 1 aliphatic heterocycles. The molecule has 2 fully saturated rings. The van der Waals surface area contributed by atoms with Crippen molar-refractivity contribution < 1.29 is 28.5 Å². The van der Waals surface area contributed by atoms with Crippen molar-refractivity contribution in [2.75, 3.05) is 33.4 Å². The highest BCUT2D eigenvalue weighted by Crippen LogP contribution is 2.31. The van der Waals surface area contributed by atoms with Gasteiger partial charge in [0.05, 0.1) is 25.7 Å². The first-order chi connectivity index (χ1) is 14.7. The summed E-state index contributed by atoms with van der Waals surface area (Å²) in [5.74, 6) is 1.10. The van der Waals surface area contributed by atoms with E-state index in [4.69, 9.17) is 18.9 Å². The largest absolute Gasteiger partial charge is 0.491 e. The first-order valence-electron chi connectivity index (χ1n) is 11.2. The quantitative estimate of drug-likeness (QED) is 0.475. The summed E-state index contributed by atoms with van der Waals surface area (Å²) in [6, 6.07) is 8.20. The van der Waals surface area contributed by atoms with Crippen LogP contribution in [-0.4, -0.2) is 62.1 Å². The third kappa shape index (κ3) is 6.86. The number of esters is 1. The van der Waals surface area contributed by atoms with E-state index >= 15 is 0 Å². The van der Waals surface area contributed by atoms with E-state index in [0.717, 1.165) is 31.4 Å². The Labute approximate surface area is 185 Å². The van der Waals surface area contributed by atoms with E-state index in [9.17, 15) is 9.59 Å². The smallest absolute Gasteiger partial charge is 0.410 e. The zero-order valence-corrected chi connectivity index (χ0v) is 19.1. The van der Waals surface area contributed by atoms with Crippen molar-refractivity contribution in [2.24, 2.45) is 5.92 Å². The first kappa shape index (κ1) is 23.4. The fourth-order valence-electron chi connectivity index (χ4n) is 3.99. The lowest BCUT2D eigenvalue weighted by atomic mass is 9.82. The van der Waals surface area contributed by atoms with Crippen molar-refractivity contribution in [3.05, 3.63) is 29.8 Å². The average Bonchev–Trinajstić information content (AvgIpc) is 2.71. The van der Waals surface area contributed by atoms with Crippen LogP contribution >= 0.6 is 0 Å². The van der Waals surface area contributed by atoms with Gasteiger partial charge in [0.1, 0.15) is 18.0 Å². The minimum atomic E-state index is -0.460. The molecule has 0 atom stereocenters. The Kier molecular flexibility index (Phi) is 7.81. The lowest BCUT2D eigenvalue weighted by Crippen LogP contribution is -2.41. The van der Waals surface area contributed by atoms with E-state index in [1.54, 1.807) is 4.90 Å². The number of methoxy groups -OCH3 is 1. The number of amides is 1. The number of carbonyl (C=O) groups is 2. The highest BCUT2D eigenvalue weighted by Gasteiger charge is 2.35. The van der Waals surface area contributed by atoms with Crippen molar-refractivity contribution in [3.63, 3.8) is 0 Å². The van der Waals surface area contributed by atoms with Crippen molar-refractivity contribution >= 4 is 12.1 Å². The summed E-state index contributed by atoms with van der Waals surface area (Å²) >= 11 is 0. The van der Waals surface area contributed by atoms with Gasteiger partial charge in [-0.05, 0) is 70.1 Å². The Morgan fingerprint density at radius 2 is 1.68 bits per heavy atom. The van der Waals surface area contributed by atoms with E-state index < -0.39 is 5.60 Å². The number of nitrogens with zero attached hydrogens (tertiary/aromatic N) is 1. The number of carbonyl (C=O) groups excluding carboxylic acids is 2. The summed E-state index contributed by atoms with van der Waals surface area (Å²) in [5, 5.41) is 0. The van der Waals surface area contributed by atoms with Crippen LogP contribution in [0.25, 0.3) is 0 Å².